The number of carbonyl (C=O) groups excluding carboxylic acids is 1. The summed E-state index contributed by atoms with van der Waals surface area (Å²) in [6.07, 6.45) is 4.59. The molecular weight excluding hydrogens is 314 g/mol. The van der Waals surface area contributed by atoms with E-state index in [1.165, 1.54) is 6.08 Å². The lowest BCUT2D eigenvalue weighted by molar-refractivity contribution is -0.137. The molecule has 1 N–H and O–H groups in total. The second kappa shape index (κ2) is 8.57. The highest BCUT2D eigenvalue weighted by molar-refractivity contribution is 6.30. The number of nitrogens with one attached hydrogen (secondary N) is 1. The second-order valence-corrected chi connectivity index (χ2v) is 4.93. The highest BCUT2D eigenvalue weighted by Gasteiger charge is 2.02. The molecule has 0 aliphatic carbocycles. The van der Waals surface area contributed by atoms with Crippen LogP contribution in [0.5, 0.6) is 0 Å². The van der Waals surface area contributed by atoms with Crippen molar-refractivity contribution in [3.63, 3.8) is 0 Å². The minimum atomic E-state index is -0.441. The molecular formula is C17H14ClN3O2. The van der Waals surface area contributed by atoms with Crippen LogP contribution < -0.4 is 5.32 Å². The van der Waals surface area contributed by atoms with Crippen LogP contribution in [0.25, 0.3) is 6.08 Å². The third-order valence-corrected chi connectivity index (χ3v) is 3.10. The Morgan fingerprint density at radius 2 is 2.13 bits per heavy atom. The first-order valence-electron chi connectivity index (χ1n) is 6.88. The molecule has 0 saturated carbocycles. The number of anilines is 1. The monoisotopic (exact) mass is 327 g/mol. The van der Waals surface area contributed by atoms with Gasteiger partial charge in [-0.05, 0) is 35.9 Å². The molecule has 6 heteroatoms. The van der Waals surface area contributed by atoms with E-state index in [-0.39, 0.29) is 6.61 Å². The van der Waals surface area contributed by atoms with Gasteiger partial charge in [0, 0.05) is 17.3 Å². The molecule has 2 aromatic rings. The van der Waals surface area contributed by atoms with Crippen molar-refractivity contribution in [3.8, 4) is 6.07 Å². The molecule has 0 aliphatic rings. The predicted molar refractivity (Wildman–Crippen MR) is 88.9 cm³/mol. The fourth-order valence-electron chi connectivity index (χ4n) is 1.74. The number of pyridine rings is 1. The Morgan fingerprint density at radius 1 is 1.35 bits per heavy atom. The fourth-order valence-corrected chi connectivity index (χ4v) is 1.87. The maximum atomic E-state index is 11.6. The van der Waals surface area contributed by atoms with E-state index in [1.54, 1.807) is 48.7 Å². The Bertz CT molecular complexity index is 736. The number of benzene rings is 1. The lowest BCUT2D eigenvalue weighted by Gasteiger charge is -2.06. The second-order valence-electron chi connectivity index (χ2n) is 4.49. The van der Waals surface area contributed by atoms with E-state index in [4.69, 9.17) is 21.6 Å². The lowest BCUT2D eigenvalue weighted by atomic mass is 10.2. The zero-order valence-electron chi connectivity index (χ0n) is 12.2. The number of hydrogen-bond acceptors (Lipinski definition) is 5. The van der Waals surface area contributed by atoms with Gasteiger partial charge in [-0.15, -0.1) is 0 Å². The highest BCUT2D eigenvalue weighted by atomic mass is 35.5. The van der Waals surface area contributed by atoms with Crippen LogP contribution in [0.4, 0.5) is 5.82 Å². The molecule has 1 aromatic heterocycles. The molecule has 0 bridgehead atoms. The summed E-state index contributed by atoms with van der Waals surface area (Å²) in [5.74, 6) is 0.0334. The van der Waals surface area contributed by atoms with Crippen molar-refractivity contribution in [2.75, 3.05) is 18.5 Å². The number of hydrogen-bond donors (Lipinski definition) is 1. The molecule has 0 unspecified atom stereocenters. The van der Waals surface area contributed by atoms with Gasteiger partial charge in [-0.2, -0.15) is 5.26 Å². The predicted octanol–water partition coefficient (Wildman–Crippen LogP) is 3.28. The van der Waals surface area contributed by atoms with Gasteiger partial charge in [-0.25, -0.2) is 9.78 Å². The highest BCUT2D eigenvalue weighted by Crippen LogP contribution is 2.11. The summed E-state index contributed by atoms with van der Waals surface area (Å²) in [6, 6.07) is 12.5. The largest absolute Gasteiger partial charge is 0.461 e. The Kier molecular flexibility index (Phi) is 6.16. The molecule has 1 heterocycles. The number of ether oxygens (including phenoxy) is 1. The average Bonchev–Trinajstić information content (AvgIpc) is 2.58. The van der Waals surface area contributed by atoms with Crippen LogP contribution in [-0.2, 0) is 9.53 Å². The zero-order valence-corrected chi connectivity index (χ0v) is 13.0. The van der Waals surface area contributed by atoms with E-state index in [2.05, 4.69) is 10.3 Å². The van der Waals surface area contributed by atoms with Gasteiger partial charge in [0.15, 0.2) is 0 Å². The van der Waals surface area contributed by atoms with Crippen molar-refractivity contribution in [3.05, 3.63) is 64.8 Å². The quantitative estimate of drug-likeness (QED) is 0.500. The van der Waals surface area contributed by atoms with Crippen LogP contribution in [0.1, 0.15) is 11.1 Å². The molecule has 0 atom stereocenters. The smallest absolute Gasteiger partial charge is 0.330 e. The van der Waals surface area contributed by atoms with E-state index in [0.29, 0.717) is 22.9 Å². The minimum Gasteiger partial charge on any atom is -0.461 e. The van der Waals surface area contributed by atoms with Crippen molar-refractivity contribution in [1.29, 1.82) is 5.26 Å². The number of esters is 1. The van der Waals surface area contributed by atoms with Crippen molar-refractivity contribution < 1.29 is 9.53 Å². The first-order chi connectivity index (χ1) is 11.2. The van der Waals surface area contributed by atoms with Gasteiger partial charge in [-0.3, -0.25) is 0 Å². The van der Waals surface area contributed by atoms with E-state index >= 15 is 0 Å². The normalized spacial score (nSPS) is 10.3. The number of rotatable bonds is 6. The maximum Gasteiger partial charge on any atom is 0.330 e. The van der Waals surface area contributed by atoms with Crippen molar-refractivity contribution >= 4 is 29.5 Å². The van der Waals surface area contributed by atoms with Crippen LogP contribution in [0.2, 0.25) is 5.02 Å². The first kappa shape index (κ1) is 16.5. The number of carbonyl (C=O) groups is 1. The van der Waals surface area contributed by atoms with Crippen LogP contribution in [0.15, 0.2) is 48.7 Å². The van der Waals surface area contributed by atoms with Gasteiger partial charge < -0.3 is 10.1 Å². The van der Waals surface area contributed by atoms with E-state index in [1.807, 2.05) is 6.07 Å². The molecule has 0 aliphatic heterocycles. The van der Waals surface area contributed by atoms with Crippen LogP contribution in [0.3, 0.4) is 0 Å². The van der Waals surface area contributed by atoms with Gasteiger partial charge in [0.1, 0.15) is 18.5 Å². The van der Waals surface area contributed by atoms with Crippen LogP contribution >= 0.6 is 11.6 Å². The summed E-state index contributed by atoms with van der Waals surface area (Å²) in [4.78, 5) is 15.6. The molecule has 0 radical (unpaired) electrons. The molecule has 116 valence electrons. The SMILES string of the molecule is N#Cc1cccnc1NCCOC(=O)C=Cc1ccc(Cl)cc1. The minimum absolute atomic E-state index is 0.172. The van der Waals surface area contributed by atoms with Gasteiger partial charge >= 0.3 is 5.97 Å². The molecule has 0 amide bonds. The maximum absolute atomic E-state index is 11.6. The van der Waals surface area contributed by atoms with Crippen molar-refractivity contribution in [1.82, 2.24) is 4.98 Å². The van der Waals surface area contributed by atoms with Crippen molar-refractivity contribution in [2.45, 2.75) is 0 Å². The molecule has 2 rings (SSSR count). The Hall–Kier alpha value is -2.84. The van der Waals surface area contributed by atoms with Crippen molar-refractivity contribution in [2.24, 2.45) is 0 Å². The topological polar surface area (TPSA) is 75.0 Å². The van der Waals surface area contributed by atoms with E-state index in [0.717, 1.165) is 5.56 Å². The standard InChI is InChI=1S/C17H14ClN3O2/c18-15-6-3-13(4-7-15)5-8-16(22)23-11-10-21-17-14(12-19)2-1-9-20-17/h1-9H,10-11H2,(H,20,21). The van der Waals surface area contributed by atoms with Crippen LogP contribution in [-0.4, -0.2) is 24.1 Å². The zero-order chi connectivity index (χ0) is 16.5. The molecule has 0 fully saturated rings. The summed E-state index contributed by atoms with van der Waals surface area (Å²) in [5, 5.41) is 12.5. The van der Waals surface area contributed by atoms with E-state index < -0.39 is 5.97 Å². The fraction of sp³-hybridized carbons (Fsp3) is 0.118. The van der Waals surface area contributed by atoms with Crippen LogP contribution in [0, 0.1) is 11.3 Å². The summed E-state index contributed by atoms with van der Waals surface area (Å²) in [7, 11) is 0. The van der Waals surface area contributed by atoms with Gasteiger partial charge in [-0.1, -0.05) is 23.7 Å². The number of aromatic nitrogens is 1. The summed E-state index contributed by atoms with van der Waals surface area (Å²) >= 11 is 5.78. The van der Waals surface area contributed by atoms with Gasteiger partial charge in [0.2, 0.25) is 0 Å². The summed E-state index contributed by atoms with van der Waals surface area (Å²) < 4.78 is 5.06. The number of nitriles is 1. The lowest BCUT2D eigenvalue weighted by Crippen LogP contribution is -2.13. The molecule has 1 aromatic carbocycles. The number of nitrogens with zero attached hydrogens (tertiary/aromatic N) is 2. The third kappa shape index (κ3) is 5.46. The molecule has 23 heavy (non-hydrogen) atoms. The molecule has 5 nitrogen and oxygen atoms in total. The Labute approximate surface area is 139 Å². The Morgan fingerprint density at radius 3 is 2.87 bits per heavy atom. The summed E-state index contributed by atoms with van der Waals surface area (Å²) in [6.45, 7) is 0.539. The number of halogens is 1. The van der Waals surface area contributed by atoms with Gasteiger partial charge in [0.05, 0.1) is 12.1 Å². The van der Waals surface area contributed by atoms with Gasteiger partial charge in [0.25, 0.3) is 0 Å². The Balaban J connectivity index is 1.75. The summed E-state index contributed by atoms with van der Waals surface area (Å²) in [5.41, 5.74) is 1.30. The van der Waals surface area contributed by atoms with E-state index in [9.17, 15) is 4.79 Å². The molecule has 0 saturated heterocycles. The average molecular weight is 328 g/mol. The first-order valence-corrected chi connectivity index (χ1v) is 7.26. The molecule has 0 spiro atoms. The third-order valence-electron chi connectivity index (χ3n) is 2.85.